The number of thiophene rings is 1. The van der Waals surface area contributed by atoms with Gasteiger partial charge in [-0.1, -0.05) is 0 Å². The van der Waals surface area contributed by atoms with Gasteiger partial charge in [-0.2, -0.15) is 0 Å². The van der Waals surface area contributed by atoms with E-state index in [1.165, 1.54) is 9.75 Å². The summed E-state index contributed by atoms with van der Waals surface area (Å²) < 4.78 is 4.94. The summed E-state index contributed by atoms with van der Waals surface area (Å²) in [5, 5.41) is 6.69. The van der Waals surface area contributed by atoms with E-state index >= 15 is 0 Å². The van der Waals surface area contributed by atoms with Crippen molar-refractivity contribution in [2.45, 2.75) is 13.5 Å². The van der Waals surface area contributed by atoms with Gasteiger partial charge in [-0.3, -0.25) is 0 Å². The van der Waals surface area contributed by atoms with Gasteiger partial charge in [0.1, 0.15) is 0 Å². The number of methoxy groups -OCH3 is 1. The van der Waals surface area contributed by atoms with Crippen LogP contribution in [0.1, 0.15) is 9.75 Å². The molecule has 1 aromatic heterocycles. The van der Waals surface area contributed by atoms with Crippen molar-refractivity contribution in [2.75, 3.05) is 33.4 Å². The normalized spacial score (nSPS) is 10.8. The molecule has 2 N–H and O–H groups in total. The smallest absolute Gasteiger partial charge is 0.0587 e. The van der Waals surface area contributed by atoms with Crippen LogP contribution in [0.5, 0.6) is 0 Å². The quantitative estimate of drug-likeness (QED) is 0.660. The van der Waals surface area contributed by atoms with E-state index in [0.29, 0.717) is 0 Å². The van der Waals surface area contributed by atoms with Crippen LogP contribution in [0.15, 0.2) is 12.1 Å². The zero-order chi connectivity index (χ0) is 10.9. The third kappa shape index (κ3) is 5.89. The lowest BCUT2D eigenvalue weighted by Gasteiger charge is -2.04. The highest BCUT2D eigenvalue weighted by Crippen LogP contribution is 2.13. The van der Waals surface area contributed by atoms with Crippen LogP contribution in [0.2, 0.25) is 0 Å². The molecule has 15 heavy (non-hydrogen) atoms. The Bertz CT molecular complexity index is 263. The maximum Gasteiger partial charge on any atom is 0.0587 e. The van der Waals surface area contributed by atoms with Crippen molar-refractivity contribution in [1.29, 1.82) is 0 Å². The highest BCUT2D eigenvalue weighted by molar-refractivity contribution is 7.11. The van der Waals surface area contributed by atoms with Gasteiger partial charge in [0.15, 0.2) is 0 Å². The molecule has 86 valence electrons. The standard InChI is InChI=1S/C11H20N2OS/c1-10-3-4-11(15-10)9-13-6-5-12-7-8-14-2/h3-4,12-13H,5-9H2,1-2H3. The van der Waals surface area contributed by atoms with Crippen molar-refractivity contribution in [3.63, 3.8) is 0 Å². The lowest BCUT2D eigenvalue weighted by Crippen LogP contribution is -2.28. The zero-order valence-electron chi connectivity index (χ0n) is 9.51. The Morgan fingerprint density at radius 3 is 2.67 bits per heavy atom. The van der Waals surface area contributed by atoms with E-state index in [-0.39, 0.29) is 0 Å². The highest BCUT2D eigenvalue weighted by Gasteiger charge is 1.95. The molecule has 0 atom stereocenters. The average molecular weight is 228 g/mol. The largest absolute Gasteiger partial charge is 0.383 e. The van der Waals surface area contributed by atoms with E-state index in [1.807, 2.05) is 11.3 Å². The Morgan fingerprint density at radius 1 is 1.20 bits per heavy atom. The summed E-state index contributed by atoms with van der Waals surface area (Å²) >= 11 is 1.86. The van der Waals surface area contributed by atoms with Gasteiger partial charge in [0.25, 0.3) is 0 Å². The SMILES string of the molecule is COCCNCCNCc1ccc(C)s1. The first-order valence-electron chi connectivity index (χ1n) is 5.28. The number of hydrogen-bond acceptors (Lipinski definition) is 4. The number of aryl methyl sites for hydroxylation is 1. The van der Waals surface area contributed by atoms with Crippen molar-refractivity contribution in [3.8, 4) is 0 Å². The molecule has 0 spiro atoms. The van der Waals surface area contributed by atoms with Gasteiger partial charge < -0.3 is 15.4 Å². The highest BCUT2D eigenvalue weighted by atomic mass is 32.1. The van der Waals surface area contributed by atoms with Crippen LogP contribution in [0, 0.1) is 6.92 Å². The molecule has 0 aliphatic carbocycles. The molecule has 0 saturated carbocycles. The molecule has 1 rings (SSSR count). The molecule has 0 aliphatic rings. The van der Waals surface area contributed by atoms with Gasteiger partial charge in [0, 0.05) is 43.0 Å². The lowest BCUT2D eigenvalue weighted by molar-refractivity contribution is 0.199. The van der Waals surface area contributed by atoms with Crippen LogP contribution in [0.25, 0.3) is 0 Å². The molecular weight excluding hydrogens is 208 g/mol. The molecule has 1 aromatic rings. The van der Waals surface area contributed by atoms with Gasteiger partial charge >= 0.3 is 0 Å². The summed E-state index contributed by atoms with van der Waals surface area (Å²) in [5.74, 6) is 0. The summed E-state index contributed by atoms with van der Waals surface area (Å²) in [6.45, 7) is 6.82. The van der Waals surface area contributed by atoms with Crippen LogP contribution in [0.4, 0.5) is 0 Å². The first-order valence-corrected chi connectivity index (χ1v) is 6.10. The fourth-order valence-corrected chi connectivity index (χ4v) is 2.13. The third-order valence-electron chi connectivity index (χ3n) is 2.06. The number of nitrogens with one attached hydrogen (secondary N) is 2. The molecule has 0 amide bonds. The molecule has 4 heteroatoms. The molecule has 0 aromatic carbocycles. The van der Waals surface area contributed by atoms with Crippen LogP contribution in [-0.4, -0.2) is 33.4 Å². The van der Waals surface area contributed by atoms with Crippen LogP contribution >= 0.6 is 11.3 Å². The van der Waals surface area contributed by atoms with E-state index in [9.17, 15) is 0 Å². The van der Waals surface area contributed by atoms with Gasteiger partial charge in [-0.05, 0) is 19.1 Å². The van der Waals surface area contributed by atoms with Crippen molar-refractivity contribution < 1.29 is 4.74 Å². The molecule has 0 unspecified atom stereocenters. The van der Waals surface area contributed by atoms with Crippen LogP contribution in [0.3, 0.4) is 0 Å². The Labute approximate surface area is 95.8 Å². The van der Waals surface area contributed by atoms with Gasteiger partial charge in [0.2, 0.25) is 0 Å². The predicted molar refractivity (Wildman–Crippen MR) is 65.5 cm³/mol. The maximum absolute atomic E-state index is 4.94. The first-order chi connectivity index (χ1) is 7.33. The Morgan fingerprint density at radius 2 is 2.00 bits per heavy atom. The van der Waals surface area contributed by atoms with E-state index in [4.69, 9.17) is 4.74 Å². The van der Waals surface area contributed by atoms with Crippen molar-refractivity contribution in [3.05, 3.63) is 21.9 Å². The van der Waals surface area contributed by atoms with Crippen LogP contribution < -0.4 is 10.6 Å². The fraction of sp³-hybridized carbons (Fsp3) is 0.636. The second-order valence-electron chi connectivity index (χ2n) is 3.43. The van der Waals surface area contributed by atoms with Gasteiger partial charge in [-0.15, -0.1) is 11.3 Å². The van der Waals surface area contributed by atoms with E-state index in [2.05, 4.69) is 29.7 Å². The van der Waals surface area contributed by atoms with Gasteiger partial charge in [-0.25, -0.2) is 0 Å². The Hall–Kier alpha value is -0.420. The summed E-state index contributed by atoms with van der Waals surface area (Å²) in [7, 11) is 1.72. The zero-order valence-corrected chi connectivity index (χ0v) is 10.3. The molecule has 3 nitrogen and oxygen atoms in total. The van der Waals surface area contributed by atoms with E-state index in [0.717, 1.165) is 32.8 Å². The number of hydrogen-bond donors (Lipinski definition) is 2. The van der Waals surface area contributed by atoms with Gasteiger partial charge in [0.05, 0.1) is 6.61 Å². The summed E-state index contributed by atoms with van der Waals surface area (Å²) in [5.41, 5.74) is 0. The minimum absolute atomic E-state index is 0.782. The Balaban J connectivity index is 1.93. The van der Waals surface area contributed by atoms with E-state index in [1.54, 1.807) is 7.11 Å². The minimum atomic E-state index is 0.782. The predicted octanol–water partition coefficient (Wildman–Crippen LogP) is 1.38. The molecule has 0 fully saturated rings. The van der Waals surface area contributed by atoms with Crippen LogP contribution in [-0.2, 0) is 11.3 Å². The second kappa shape index (κ2) is 7.82. The van der Waals surface area contributed by atoms with Crippen molar-refractivity contribution in [2.24, 2.45) is 0 Å². The van der Waals surface area contributed by atoms with E-state index < -0.39 is 0 Å². The van der Waals surface area contributed by atoms with Crippen molar-refractivity contribution >= 4 is 11.3 Å². The molecular formula is C11H20N2OS. The average Bonchev–Trinajstić information content (AvgIpc) is 2.63. The molecule has 0 saturated heterocycles. The second-order valence-corrected chi connectivity index (χ2v) is 4.80. The summed E-state index contributed by atoms with van der Waals surface area (Å²) in [6.07, 6.45) is 0. The maximum atomic E-state index is 4.94. The minimum Gasteiger partial charge on any atom is -0.383 e. The monoisotopic (exact) mass is 228 g/mol. The lowest BCUT2D eigenvalue weighted by atomic mass is 10.4. The summed E-state index contributed by atoms with van der Waals surface area (Å²) in [6, 6.07) is 4.35. The Kier molecular flexibility index (Phi) is 6.59. The number of ether oxygens (including phenoxy) is 1. The molecule has 0 bridgehead atoms. The third-order valence-corrected chi connectivity index (χ3v) is 3.06. The van der Waals surface area contributed by atoms with Crippen molar-refractivity contribution in [1.82, 2.24) is 10.6 Å². The molecule has 0 radical (unpaired) electrons. The molecule has 0 aliphatic heterocycles. The molecule has 1 heterocycles. The summed E-state index contributed by atoms with van der Waals surface area (Å²) in [4.78, 5) is 2.79. The fourth-order valence-electron chi connectivity index (χ4n) is 1.27. The first kappa shape index (κ1) is 12.6. The topological polar surface area (TPSA) is 33.3 Å². The number of rotatable bonds is 8.